The molecule has 1 aliphatic heterocycles. The minimum absolute atomic E-state index is 0.0457. The van der Waals surface area contributed by atoms with E-state index in [1.165, 1.54) is 16.7 Å². The van der Waals surface area contributed by atoms with E-state index in [0.29, 0.717) is 30.5 Å². The van der Waals surface area contributed by atoms with Gasteiger partial charge >= 0.3 is 6.18 Å². The van der Waals surface area contributed by atoms with Crippen LogP contribution in [0.5, 0.6) is 0 Å². The molecule has 0 aliphatic carbocycles. The first-order valence-corrected chi connectivity index (χ1v) is 8.52. The SMILES string of the molecule is CN1CC[C@@H](Nc2cccn3c(CC(F)(F)F)c(C#CC=O)cc23)[C@@H](F)C1. The molecule has 144 valence electrons. The maximum Gasteiger partial charge on any atom is 0.394 e. The number of halogens is 4. The minimum Gasteiger partial charge on any atom is -0.378 e. The molecule has 0 amide bonds. The molecule has 2 atom stereocenters. The van der Waals surface area contributed by atoms with E-state index in [2.05, 4.69) is 17.2 Å². The van der Waals surface area contributed by atoms with Gasteiger partial charge in [0.2, 0.25) is 0 Å². The molecule has 0 unspecified atom stereocenters. The summed E-state index contributed by atoms with van der Waals surface area (Å²) in [5.41, 5.74) is 1.10. The number of nitrogens with zero attached hydrogens (tertiary/aromatic N) is 2. The molecular formula is C19H19F4N3O. The maximum absolute atomic E-state index is 14.3. The van der Waals surface area contributed by atoms with E-state index in [1.807, 2.05) is 11.9 Å². The van der Waals surface area contributed by atoms with Crippen LogP contribution in [-0.2, 0) is 11.2 Å². The Labute approximate surface area is 154 Å². The third kappa shape index (κ3) is 4.42. The van der Waals surface area contributed by atoms with Crippen LogP contribution in [0, 0.1) is 11.8 Å². The average molecular weight is 381 g/mol. The Bertz CT molecular complexity index is 894. The number of anilines is 1. The third-order valence-corrected chi connectivity index (χ3v) is 4.64. The second kappa shape index (κ2) is 7.61. The van der Waals surface area contributed by atoms with Crippen molar-refractivity contribution in [3.63, 3.8) is 0 Å². The van der Waals surface area contributed by atoms with Gasteiger partial charge in [-0.1, -0.05) is 5.92 Å². The molecule has 0 aromatic carbocycles. The second-order valence-electron chi connectivity index (χ2n) is 6.68. The summed E-state index contributed by atoms with van der Waals surface area (Å²) in [4.78, 5) is 12.4. The highest BCUT2D eigenvalue weighted by atomic mass is 19.4. The lowest BCUT2D eigenvalue weighted by Gasteiger charge is -2.33. The van der Waals surface area contributed by atoms with Crippen LogP contribution >= 0.6 is 0 Å². The van der Waals surface area contributed by atoms with E-state index in [9.17, 15) is 22.4 Å². The van der Waals surface area contributed by atoms with Gasteiger partial charge in [-0.25, -0.2) is 4.39 Å². The Morgan fingerprint density at radius 1 is 1.41 bits per heavy atom. The van der Waals surface area contributed by atoms with Crippen LogP contribution in [0.15, 0.2) is 24.4 Å². The molecular weight excluding hydrogens is 362 g/mol. The van der Waals surface area contributed by atoms with E-state index >= 15 is 0 Å². The number of likely N-dealkylation sites (tertiary alicyclic amines) is 1. The van der Waals surface area contributed by atoms with Gasteiger partial charge in [0, 0.05) is 30.5 Å². The van der Waals surface area contributed by atoms with E-state index in [4.69, 9.17) is 0 Å². The molecule has 0 spiro atoms. The Hall–Kier alpha value is -2.53. The molecule has 0 bridgehead atoms. The number of fused-ring (bicyclic) bond motifs is 1. The fraction of sp³-hybridized carbons (Fsp3) is 0.421. The first kappa shape index (κ1) is 19.2. The van der Waals surface area contributed by atoms with E-state index < -0.39 is 24.8 Å². The second-order valence-corrected chi connectivity index (χ2v) is 6.68. The zero-order valence-electron chi connectivity index (χ0n) is 14.7. The van der Waals surface area contributed by atoms with Crippen molar-refractivity contribution in [2.24, 2.45) is 0 Å². The van der Waals surface area contributed by atoms with Crippen LogP contribution in [0.4, 0.5) is 23.2 Å². The molecule has 1 aliphatic rings. The van der Waals surface area contributed by atoms with Gasteiger partial charge < -0.3 is 14.6 Å². The molecule has 2 aromatic heterocycles. The van der Waals surface area contributed by atoms with Gasteiger partial charge in [-0.15, -0.1) is 0 Å². The predicted octanol–water partition coefficient (Wildman–Crippen LogP) is 3.05. The number of aromatic nitrogens is 1. The van der Waals surface area contributed by atoms with Crippen LogP contribution in [-0.4, -0.2) is 54.1 Å². The topological polar surface area (TPSA) is 36.8 Å². The number of rotatable bonds is 3. The predicted molar refractivity (Wildman–Crippen MR) is 94.5 cm³/mol. The standard InChI is InChI=1S/C19H19F4N3O/c1-25-8-6-15(14(20)12-25)24-16-5-2-7-26-17(16)10-13(4-3-9-27)18(26)11-19(21,22)23/h2,5,7,9-10,14-15,24H,6,8,11-12H2,1H3/t14-,15+/m0/s1. The van der Waals surface area contributed by atoms with E-state index in [0.717, 1.165) is 6.54 Å². The number of hydrogen-bond acceptors (Lipinski definition) is 3. The summed E-state index contributed by atoms with van der Waals surface area (Å²) in [5.74, 6) is 4.64. The summed E-state index contributed by atoms with van der Waals surface area (Å²) in [7, 11) is 1.85. The largest absolute Gasteiger partial charge is 0.394 e. The zero-order chi connectivity index (χ0) is 19.6. The number of pyridine rings is 1. The fourth-order valence-electron chi connectivity index (χ4n) is 3.38. The third-order valence-electron chi connectivity index (χ3n) is 4.64. The zero-order valence-corrected chi connectivity index (χ0v) is 14.7. The monoisotopic (exact) mass is 381 g/mol. The van der Waals surface area contributed by atoms with Crippen molar-refractivity contribution < 1.29 is 22.4 Å². The summed E-state index contributed by atoms with van der Waals surface area (Å²) in [6.45, 7) is 1.04. The Balaban J connectivity index is 2.01. The van der Waals surface area contributed by atoms with Crippen LogP contribution < -0.4 is 5.32 Å². The Kier molecular flexibility index (Phi) is 5.42. The van der Waals surface area contributed by atoms with Crippen molar-refractivity contribution in [3.8, 4) is 11.8 Å². The van der Waals surface area contributed by atoms with E-state index in [1.54, 1.807) is 12.1 Å². The average Bonchev–Trinajstić information content (AvgIpc) is 2.92. The molecule has 3 rings (SSSR count). The Morgan fingerprint density at radius 2 is 2.19 bits per heavy atom. The van der Waals surface area contributed by atoms with Gasteiger partial charge in [-0.3, -0.25) is 4.79 Å². The number of alkyl halides is 4. The molecule has 0 radical (unpaired) electrons. The first-order chi connectivity index (χ1) is 12.8. The van der Waals surface area contributed by atoms with Crippen molar-refractivity contribution in [2.75, 3.05) is 25.5 Å². The number of hydrogen-bond donors (Lipinski definition) is 1. The Morgan fingerprint density at radius 3 is 2.85 bits per heavy atom. The normalized spacial score (nSPS) is 20.9. The fourth-order valence-corrected chi connectivity index (χ4v) is 3.38. The molecule has 4 nitrogen and oxygen atoms in total. The molecule has 3 heterocycles. The summed E-state index contributed by atoms with van der Waals surface area (Å²) in [6, 6.07) is 4.39. The van der Waals surface area contributed by atoms with Gasteiger partial charge in [0.15, 0.2) is 6.29 Å². The summed E-state index contributed by atoms with van der Waals surface area (Å²) < 4.78 is 54.8. The van der Waals surface area contributed by atoms with Crippen molar-refractivity contribution in [1.29, 1.82) is 0 Å². The molecule has 0 saturated carbocycles. The molecule has 1 fully saturated rings. The van der Waals surface area contributed by atoms with Crippen LogP contribution in [0.25, 0.3) is 5.52 Å². The van der Waals surface area contributed by atoms with Crippen molar-refractivity contribution >= 4 is 17.5 Å². The van der Waals surface area contributed by atoms with Crippen molar-refractivity contribution in [3.05, 3.63) is 35.7 Å². The maximum atomic E-state index is 14.3. The quantitative estimate of drug-likeness (QED) is 0.505. The number of piperidine rings is 1. The van der Waals surface area contributed by atoms with Crippen molar-refractivity contribution in [2.45, 2.75) is 31.2 Å². The highest BCUT2D eigenvalue weighted by Gasteiger charge is 2.32. The lowest BCUT2D eigenvalue weighted by atomic mass is 10.0. The highest BCUT2D eigenvalue weighted by molar-refractivity contribution is 5.78. The van der Waals surface area contributed by atoms with E-state index in [-0.39, 0.29) is 11.3 Å². The summed E-state index contributed by atoms with van der Waals surface area (Å²) in [6.07, 6.45) is -4.24. The van der Waals surface area contributed by atoms with Crippen LogP contribution in [0.2, 0.25) is 0 Å². The van der Waals surface area contributed by atoms with Crippen LogP contribution in [0.1, 0.15) is 17.7 Å². The molecule has 1 saturated heterocycles. The summed E-state index contributed by atoms with van der Waals surface area (Å²) in [5, 5.41) is 3.13. The smallest absolute Gasteiger partial charge is 0.378 e. The lowest BCUT2D eigenvalue weighted by molar-refractivity contribution is -0.128. The van der Waals surface area contributed by atoms with Gasteiger partial charge in [-0.2, -0.15) is 13.2 Å². The number of carbonyl (C=O) groups excluding carboxylic acids is 1. The summed E-state index contributed by atoms with van der Waals surface area (Å²) >= 11 is 0. The molecule has 27 heavy (non-hydrogen) atoms. The van der Waals surface area contributed by atoms with Crippen LogP contribution in [0.3, 0.4) is 0 Å². The molecule has 2 aromatic rings. The first-order valence-electron chi connectivity index (χ1n) is 8.52. The number of nitrogens with one attached hydrogen (secondary N) is 1. The van der Waals surface area contributed by atoms with Gasteiger partial charge in [0.25, 0.3) is 0 Å². The number of aldehydes is 1. The lowest BCUT2D eigenvalue weighted by Crippen LogP contribution is -2.46. The van der Waals surface area contributed by atoms with Crippen molar-refractivity contribution in [1.82, 2.24) is 9.30 Å². The molecule has 8 heteroatoms. The highest BCUT2D eigenvalue weighted by Crippen LogP contribution is 2.30. The minimum atomic E-state index is -4.42. The van der Waals surface area contributed by atoms with Gasteiger partial charge in [-0.05, 0) is 37.6 Å². The number of carbonyl (C=O) groups is 1. The molecule has 1 N–H and O–H groups in total. The van der Waals surface area contributed by atoms with Gasteiger partial charge in [0.1, 0.15) is 6.17 Å². The van der Waals surface area contributed by atoms with Gasteiger partial charge in [0.05, 0.1) is 23.7 Å².